The van der Waals surface area contributed by atoms with Gasteiger partial charge >= 0.3 is 0 Å². The Bertz CT molecular complexity index is 316. The quantitative estimate of drug-likeness (QED) is 0.496. The summed E-state index contributed by atoms with van der Waals surface area (Å²) in [5.41, 5.74) is 4.79. The summed E-state index contributed by atoms with van der Waals surface area (Å²) < 4.78 is 0. The van der Waals surface area contributed by atoms with Gasteiger partial charge < -0.3 is 21.1 Å². The van der Waals surface area contributed by atoms with Crippen molar-refractivity contribution in [2.45, 2.75) is 0 Å². The van der Waals surface area contributed by atoms with Crippen molar-refractivity contribution in [1.29, 1.82) is 0 Å². The number of phenolic OH excluding ortho intramolecular Hbond substituents is 3. The lowest BCUT2D eigenvalue weighted by atomic mass is 10.2. The molecule has 0 aliphatic rings. The van der Waals surface area contributed by atoms with Crippen molar-refractivity contribution in [2.75, 3.05) is 0 Å². The third-order valence-corrected chi connectivity index (χ3v) is 1.35. The Morgan fingerprint density at radius 2 is 1.54 bits per heavy atom. The Kier molecular flexibility index (Phi) is 3.38. The second kappa shape index (κ2) is 3.86. The highest BCUT2D eigenvalue weighted by Gasteiger charge is 2.10. The first-order valence-corrected chi connectivity index (χ1v) is 3.07. The molecule has 0 saturated carbocycles. The first kappa shape index (κ1) is 11.4. The fourth-order valence-electron chi connectivity index (χ4n) is 0.746. The van der Waals surface area contributed by atoms with Crippen LogP contribution in [0.1, 0.15) is 10.4 Å². The zero-order chi connectivity index (χ0) is 9.30. The number of benzene rings is 1. The lowest BCUT2D eigenvalue weighted by Gasteiger charge is -2.01. The van der Waals surface area contributed by atoms with Gasteiger partial charge in [0.2, 0.25) is 5.91 Å². The van der Waals surface area contributed by atoms with E-state index >= 15 is 0 Å². The molecule has 1 aromatic carbocycles. The second-order valence-electron chi connectivity index (χ2n) is 2.23. The molecule has 0 bridgehead atoms. The third-order valence-electron chi connectivity index (χ3n) is 1.35. The van der Waals surface area contributed by atoms with Gasteiger partial charge in [0.1, 0.15) is 0 Å². The van der Waals surface area contributed by atoms with Crippen LogP contribution in [-0.2, 0) is 0 Å². The summed E-state index contributed by atoms with van der Waals surface area (Å²) in [6.45, 7) is 0. The molecule has 0 saturated heterocycles. The Balaban J connectivity index is 0.00000144. The molecule has 0 atom stereocenters. The van der Waals surface area contributed by atoms with Gasteiger partial charge in [0.25, 0.3) is 0 Å². The maximum absolute atomic E-state index is 10.5. The molecule has 1 rings (SSSR count). The Hall–Kier alpha value is -1.62. The summed E-state index contributed by atoms with van der Waals surface area (Å²) in [4.78, 5) is 10.5. The van der Waals surface area contributed by atoms with Gasteiger partial charge in [-0.25, -0.2) is 0 Å². The van der Waals surface area contributed by atoms with Gasteiger partial charge in [-0.2, -0.15) is 0 Å². The fourth-order valence-corrected chi connectivity index (χ4v) is 0.746. The van der Waals surface area contributed by atoms with Gasteiger partial charge in [-0.1, -0.05) is 0 Å². The van der Waals surface area contributed by atoms with E-state index < -0.39 is 23.2 Å². The molecule has 5 nitrogen and oxygen atoms in total. The largest absolute Gasteiger partial charge is 0.504 e. The molecule has 0 heterocycles. The lowest BCUT2D eigenvalue weighted by molar-refractivity contribution is 0.0999. The summed E-state index contributed by atoms with van der Waals surface area (Å²) in [5.74, 6) is -2.62. The van der Waals surface area contributed by atoms with Gasteiger partial charge in [-0.3, -0.25) is 4.79 Å². The molecule has 6 heteroatoms. The smallest absolute Gasteiger partial charge is 0.248 e. The SMILES string of the molecule is Cl.NC(=O)c1cc(O)c(O)c(O)c1. The molecule has 5 N–H and O–H groups in total. The Morgan fingerprint density at radius 1 is 1.15 bits per heavy atom. The van der Waals surface area contributed by atoms with E-state index in [1.165, 1.54) is 0 Å². The topological polar surface area (TPSA) is 104 Å². The predicted molar refractivity (Wildman–Crippen MR) is 47.2 cm³/mol. The Morgan fingerprint density at radius 3 is 1.85 bits per heavy atom. The Labute approximate surface area is 79.8 Å². The molecule has 0 unspecified atom stereocenters. The molecule has 1 amide bonds. The summed E-state index contributed by atoms with van der Waals surface area (Å²) in [6.07, 6.45) is 0. The number of aromatic hydroxyl groups is 3. The highest BCUT2D eigenvalue weighted by atomic mass is 35.5. The van der Waals surface area contributed by atoms with E-state index in [4.69, 9.17) is 21.1 Å². The maximum Gasteiger partial charge on any atom is 0.248 e. The van der Waals surface area contributed by atoms with Gasteiger partial charge in [0.05, 0.1) is 0 Å². The van der Waals surface area contributed by atoms with E-state index in [0.29, 0.717) is 0 Å². The average Bonchev–Trinajstić information content (AvgIpc) is 1.99. The van der Waals surface area contributed by atoms with Crippen LogP contribution < -0.4 is 5.73 Å². The minimum atomic E-state index is -0.791. The number of rotatable bonds is 1. The van der Waals surface area contributed by atoms with Crippen LogP contribution in [0.5, 0.6) is 17.2 Å². The summed E-state index contributed by atoms with van der Waals surface area (Å²) in [6, 6.07) is 1.94. The fraction of sp³-hybridized carbons (Fsp3) is 0. The van der Waals surface area contributed by atoms with Crippen LogP contribution in [0.15, 0.2) is 12.1 Å². The monoisotopic (exact) mass is 205 g/mol. The second-order valence-corrected chi connectivity index (χ2v) is 2.23. The molecule has 0 aromatic heterocycles. The van der Waals surface area contributed by atoms with Crippen molar-refractivity contribution in [3.63, 3.8) is 0 Å². The van der Waals surface area contributed by atoms with E-state index in [2.05, 4.69) is 0 Å². The number of primary amides is 1. The maximum atomic E-state index is 10.5. The zero-order valence-corrected chi connectivity index (χ0v) is 7.21. The van der Waals surface area contributed by atoms with Crippen molar-refractivity contribution in [3.05, 3.63) is 17.7 Å². The first-order chi connectivity index (χ1) is 5.52. The van der Waals surface area contributed by atoms with Gasteiger partial charge in [-0.05, 0) is 12.1 Å². The van der Waals surface area contributed by atoms with E-state index in [-0.39, 0.29) is 18.0 Å². The predicted octanol–water partition coefficient (Wildman–Crippen LogP) is 0.324. The normalized spacial score (nSPS) is 8.92. The molecular formula is C7H8ClNO4. The molecule has 72 valence electrons. The zero-order valence-electron chi connectivity index (χ0n) is 6.39. The minimum absolute atomic E-state index is 0. The van der Waals surface area contributed by atoms with Crippen molar-refractivity contribution < 1.29 is 20.1 Å². The van der Waals surface area contributed by atoms with Crippen molar-refractivity contribution in [1.82, 2.24) is 0 Å². The summed E-state index contributed by atoms with van der Waals surface area (Å²) in [7, 11) is 0. The first-order valence-electron chi connectivity index (χ1n) is 3.07. The number of phenols is 3. The van der Waals surface area contributed by atoms with E-state index in [0.717, 1.165) is 12.1 Å². The van der Waals surface area contributed by atoms with Crippen LogP contribution in [0, 0.1) is 0 Å². The number of halogens is 1. The number of carbonyl (C=O) groups excluding carboxylic acids is 1. The van der Waals surface area contributed by atoms with E-state index in [9.17, 15) is 4.79 Å². The number of carbonyl (C=O) groups is 1. The number of nitrogens with two attached hydrogens (primary N) is 1. The molecule has 0 spiro atoms. The summed E-state index contributed by atoms with van der Waals surface area (Å²) in [5, 5.41) is 26.7. The van der Waals surface area contributed by atoms with Crippen LogP contribution in [0.3, 0.4) is 0 Å². The highest BCUT2D eigenvalue weighted by Crippen LogP contribution is 2.34. The number of hydrogen-bond donors (Lipinski definition) is 4. The van der Waals surface area contributed by atoms with Crippen molar-refractivity contribution >= 4 is 18.3 Å². The summed E-state index contributed by atoms with van der Waals surface area (Å²) >= 11 is 0. The molecule has 0 fully saturated rings. The third kappa shape index (κ3) is 2.16. The van der Waals surface area contributed by atoms with Crippen LogP contribution in [0.2, 0.25) is 0 Å². The van der Waals surface area contributed by atoms with Crippen molar-refractivity contribution in [2.24, 2.45) is 5.73 Å². The van der Waals surface area contributed by atoms with Crippen LogP contribution in [-0.4, -0.2) is 21.2 Å². The van der Waals surface area contributed by atoms with Crippen LogP contribution in [0.4, 0.5) is 0 Å². The van der Waals surface area contributed by atoms with Gasteiger partial charge in [-0.15, -0.1) is 12.4 Å². The lowest BCUT2D eigenvalue weighted by Crippen LogP contribution is -2.10. The number of hydrogen-bond acceptors (Lipinski definition) is 4. The molecule has 13 heavy (non-hydrogen) atoms. The van der Waals surface area contributed by atoms with E-state index in [1.807, 2.05) is 0 Å². The minimum Gasteiger partial charge on any atom is -0.504 e. The van der Waals surface area contributed by atoms with Crippen LogP contribution >= 0.6 is 12.4 Å². The van der Waals surface area contributed by atoms with Gasteiger partial charge in [0, 0.05) is 5.56 Å². The standard InChI is InChI=1S/C7H7NO4.ClH/c8-7(12)3-1-4(9)6(11)5(10)2-3;/h1-2,9-11H,(H2,8,12);1H. The molecule has 1 aromatic rings. The van der Waals surface area contributed by atoms with Gasteiger partial charge in [0.15, 0.2) is 17.2 Å². The van der Waals surface area contributed by atoms with Crippen LogP contribution in [0.25, 0.3) is 0 Å². The molecule has 0 radical (unpaired) electrons. The van der Waals surface area contributed by atoms with Crippen molar-refractivity contribution in [3.8, 4) is 17.2 Å². The molecule has 0 aliphatic heterocycles. The average molecular weight is 206 g/mol. The number of amides is 1. The van der Waals surface area contributed by atoms with E-state index in [1.54, 1.807) is 0 Å². The molecule has 0 aliphatic carbocycles. The molecular weight excluding hydrogens is 198 g/mol. The highest BCUT2D eigenvalue weighted by molar-refractivity contribution is 5.94.